The second kappa shape index (κ2) is 4.06. The Balaban J connectivity index is 2.39. The molecular weight excluding hydrogens is 361 g/mol. The number of amides is 1. The molecule has 0 saturated carbocycles. The van der Waals surface area contributed by atoms with E-state index in [-0.39, 0.29) is 6.09 Å². The van der Waals surface area contributed by atoms with E-state index >= 15 is 0 Å². The minimum Gasteiger partial charge on any atom is -0.447 e. The summed E-state index contributed by atoms with van der Waals surface area (Å²) in [7, 11) is 0. The topological polar surface area (TPSA) is 29.5 Å². The normalized spacial score (nSPS) is 15.9. The van der Waals surface area contributed by atoms with E-state index < -0.39 is 0 Å². The third-order valence-electron chi connectivity index (χ3n) is 1.96. The van der Waals surface area contributed by atoms with E-state index in [4.69, 9.17) is 4.74 Å². The van der Waals surface area contributed by atoms with Crippen LogP contribution in [0.1, 0.15) is 0 Å². The molecule has 0 aliphatic carbocycles. The molecule has 1 aromatic rings. The summed E-state index contributed by atoms with van der Waals surface area (Å²) < 4.78 is 6.89. The number of halogens is 2. The number of nitrogens with zero attached hydrogens (tertiary/aromatic N) is 1. The van der Waals surface area contributed by atoms with Gasteiger partial charge in [-0.25, -0.2) is 4.79 Å². The van der Waals surface area contributed by atoms with E-state index in [1.807, 2.05) is 18.2 Å². The highest BCUT2D eigenvalue weighted by Gasteiger charge is 2.25. The molecule has 3 nitrogen and oxygen atoms in total. The van der Waals surface area contributed by atoms with Crippen LogP contribution >= 0.6 is 38.5 Å². The molecular formula is C9H7BrINO2. The van der Waals surface area contributed by atoms with Gasteiger partial charge in [0.2, 0.25) is 0 Å². The number of carbonyl (C=O) groups is 1. The summed E-state index contributed by atoms with van der Waals surface area (Å²) in [6, 6.07) is 5.84. The van der Waals surface area contributed by atoms with Crippen LogP contribution in [0.5, 0.6) is 0 Å². The number of cyclic esters (lactones) is 1. The van der Waals surface area contributed by atoms with E-state index in [1.54, 1.807) is 4.90 Å². The van der Waals surface area contributed by atoms with Crippen molar-refractivity contribution in [2.75, 3.05) is 18.1 Å². The maximum absolute atomic E-state index is 11.3. The second-order valence-electron chi connectivity index (χ2n) is 2.86. The van der Waals surface area contributed by atoms with Gasteiger partial charge in [0.1, 0.15) is 6.61 Å². The van der Waals surface area contributed by atoms with Crippen molar-refractivity contribution >= 4 is 50.3 Å². The van der Waals surface area contributed by atoms with Crippen LogP contribution in [0.4, 0.5) is 10.5 Å². The first-order chi connectivity index (χ1) is 6.68. The van der Waals surface area contributed by atoms with Crippen LogP contribution in [0.2, 0.25) is 0 Å². The molecule has 0 N–H and O–H groups in total. The maximum Gasteiger partial charge on any atom is 0.414 e. The lowest BCUT2D eigenvalue weighted by molar-refractivity contribution is 0.181. The molecule has 1 aromatic carbocycles. The summed E-state index contributed by atoms with van der Waals surface area (Å²) in [5, 5.41) is 0. The van der Waals surface area contributed by atoms with Crippen molar-refractivity contribution in [1.29, 1.82) is 0 Å². The van der Waals surface area contributed by atoms with Gasteiger partial charge < -0.3 is 4.74 Å². The van der Waals surface area contributed by atoms with Crippen molar-refractivity contribution in [3.05, 3.63) is 26.2 Å². The molecule has 0 unspecified atom stereocenters. The first-order valence-corrected chi connectivity index (χ1v) is 5.95. The standard InChI is InChI=1S/C9H7BrINO2/c10-6-1-2-7(11)8(5-6)12-3-4-14-9(12)13/h1-2,5H,3-4H2. The predicted octanol–water partition coefficient (Wildman–Crippen LogP) is 3.01. The minimum absolute atomic E-state index is 0.263. The SMILES string of the molecule is O=C1OCCN1c1cc(Br)ccc1I. The molecule has 0 spiro atoms. The van der Waals surface area contributed by atoms with Crippen molar-refractivity contribution in [3.8, 4) is 0 Å². The molecule has 2 rings (SSSR count). The molecule has 1 aliphatic heterocycles. The van der Waals surface area contributed by atoms with Crippen molar-refractivity contribution in [3.63, 3.8) is 0 Å². The lowest BCUT2D eigenvalue weighted by Crippen LogP contribution is -2.24. The quantitative estimate of drug-likeness (QED) is 0.714. The third-order valence-corrected chi connectivity index (χ3v) is 3.37. The Morgan fingerprint density at radius 2 is 2.29 bits per heavy atom. The van der Waals surface area contributed by atoms with Gasteiger partial charge in [-0.3, -0.25) is 4.90 Å². The molecule has 0 atom stereocenters. The number of carbonyl (C=O) groups excluding carboxylic acids is 1. The van der Waals surface area contributed by atoms with Crippen LogP contribution in [0.15, 0.2) is 22.7 Å². The summed E-state index contributed by atoms with van der Waals surface area (Å²) in [5.41, 5.74) is 0.905. The highest BCUT2D eigenvalue weighted by atomic mass is 127. The number of hydrogen-bond acceptors (Lipinski definition) is 2. The average Bonchev–Trinajstić information content (AvgIpc) is 2.56. The van der Waals surface area contributed by atoms with Crippen molar-refractivity contribution in [2.45, 2.75) is 0 Å². The maximum atomic E-state index is 11.3. The fourth-order valence-corrected chi connectivity index (χ4v) is 2.28. The summed E-state index contributed by atoms with van der Waals surface area (Å²) >= 11 is 5.59. The first-order valence-electron chi connectivity index (χ1n) is 4.08. The molecule has 5 heteroatoms. The predicted molar refractivity (Wildman–Crippen MR) is 65.6 cm³/mol. The fourth-order valence-electron chi connectivity index (χ4n) is 1.30. The molecule has 14 heavy (non-hydrogen) atoms. The van der Waals surface area contributed by atoms with Crippen LogP contribution in [0.3, 0.4) is 0 Å². The van der Waals surface area contributed by atoms with Gasteiger partial charge in [0.05, 0.1) is 12.2 Å². The van der Waals surface area contributed by atoms with Crippen LogP contribution in [0.25, 0.3) is 0 Å². The molecule has 1 amide bonds. The Kier molecular flexibility index (Phi) is 2.96. The van der Waals surface area contributed by atoms with Crippen LogP contribution in [-0.2, 0) is 4.74 Å². The van der Waals surface area contributed by atoms with Gasteiger partial charge in [0, 0.05) is 8.04 Å². The van der Waals surface area contributed by atoms with Crippen molar-refractivity contribution in [2.24, 2.45) is 0 Å². The van der Waals surface area contributed by atoms with E-state index in [0.717, 1.165) is 13.7 Å². The Hall–Kier alpha value is -0.300. The Morgan fingerprint density at radius 3 is 2.93 bits per heavy atom. The van der Waals surface area contributed by atoms with Crippen molar-refractivity contribution < 1.29 is 9.53 Å². The fraction of sp³-hybridized carbons (Fsp3) is 0.222. The molecule has 1 heterocycles. The second-order valence-corrected chi connectivity index (χ2v) is 4.94. The van der Waals surface area contributed by atoms with Gasteiger partial charge in [0.25, 0.3) is 0 Å². The molecule has 1 saturated heterocycles. The summed E-state index contributed by atoms with van der Waals surface area (Å²) in [5.74, 6) is 0. The number of ether oxygens (including phenoxy) is 1. The number of anilines is 1. The van der Waals surface area contributed by atoms with E-state index in [9.17, 15) is 4.79 Å². The van der Waals surface area contributed by atoms with Gasteiger partial charge in [0.15, 0.2) is 0 Å². The molecule has 1 aliphatic rings. The summed E-state index contributed by atoms with van der Waals surface area (Å²) in [6.45, 7) is 1.10. The summed E-state index contributed by atoms with van der Waals surface area (Å²) in [6.07, 6.45) is -0.263. The zero-order valence-corrected chi connectivity index (χ0v) is 10.9. The zero-order chi connectivity index (χ0) is 10.1. The minimum atomic E-state index is -0.263. The van der Waals surface area contributed by atoms with Gasteiger partial charge in [-0.15, -0.1) is 0 Å². The zero-order valence-electron chi connectivity index (χ0n) is 7.17. The molecule has 1 fully saturated rings. The first kappa shape index (κ1) is 10.2. The highest BCUT2D eigenvalue weighted by Crippen LogP contribution is 2.28. The van der Waals surface area contributed by atoms with Crippen molar-refractivity contribution in [1.82, 2.24) is 0 Å². The van der Waals surface area contributed by atoms with Crippen LogP contribution in [0, 0.1) is 3.57 Å². The van der Waals surface area contributed by atoms with Crippen LogP contribution < -0.4 is 4.90 Å². The Bertz CT molecular complexity index is 383. The highest BCUT2D eigenvalue weighted by molar-refractivity contribution is 14.1. The Morgan fingerprint density at radius 1 is 1.50 bits per heavy atom. The molecule has 74 valence electrons. The third kappa shape index (κ3) is 1.88. The van der Waals surface area contributed by atoms with Gasteiger partial charge >= 0.3 is 6.09 Å². The van der Waals surface area contributed by atoms with E-state index in [0.29, 0.717) is 13.2 Å². The molecule has 0 radical (unpaired) electrons. The van der Waals surface area contributed by atoms with E-state index in [1.165, 1.54) is 0 Å². The molecule has 0 aromatic heterocycles. The van der Waals surface area contributed by atoms with Crippen LogP contribution in [-0.4, -0.2) is 19.2 Å². The lowest BCUT2D eigenvalue weighted by Gasteiger charge is -2.14. The largest absolute Gasteiger partial charge is 0.447 e. The van der Waals surface area contributed by atoms with Gasteiger partial charge in [-0.2, -0.15) is 0 Å². The smallest absolute Gasteiger partial charge is 0.414 e. The Labute approximate surface area is 104 Å². The van der Waals surface area contributed by atoms with Gasteiger partial charge in [-0.1, -0.05) is 15.9 Å². The number of benzene rings is 1. The van der Waals surface area contributed by atoms with Gasteiger partial charge in [-0.05, 0) is 40.8 Å². The number of hydrogen-bond donors (Lipinski definition) is 0. The lowest BCUT2D eigenvalue weighted by atomic mass is 10.3. The summed E-state index contributed by atoms with van der Waals surface area (Å²) in [4.78, 5) is 13.0. The van der Waals surface area contributed by atoms with E-state index in [2.05, 4.69) is 38.5 Å². The monoisotopic (exact) mass is 367 g/mol. The average molecular weight is 368 g/mol. The number of rotatable bonds is 1. The molecule has 0 bridgehead atoms.